The molecule has 0 aliphatic carbocycles. The molecule has 0 fully saturated rings. The third-order valence-electron chi connectivity index (χ3n) is 5.43. The Bertz CT molecular complexity index is 1240. The standard InChI is InChI=1S/C23H20Cl2N2O3S/c1-23(15-17-7-8-18(24)14-20(17)25)10-12-27-11-9-16(13-21(23)27)22(28)26-31(29,30)19-5-3-2-4-6-19/h2-10,12-14H,11,15H2,1H3,(H,26,28). The molecule has 0 radical (unpaired) electrons. The van der Waals surface area contributed by atoms with Crippen molar-refractivity contribution in [2.75, 3.05) is 6.54 Å². The van der Waals surface area contributed by atoms with Crippen LogP contribution in [0, 0.1) is 5.41 Å². The van der Waals surface area contributed by atoms with Crippen LogP contribution in [0.1, 0.15) is 12.5 Å². The number of hydrogen-bond donors (Lipinski definition) is 1. The quantitative estimate of drug-likeness (QED) is 0.681. The van der Waals surface area contributed by atoms with Gasteiger partial charge in [0.2, 0.25) is 0 Å². The van der Waals surface area contributed by atoms with Gasteiger partial charge in [-0.3, -0.25) is 4.79 Å². The number of hydrogen-bond acceptors (Lipinski definition) is 4. The fourth-order valence-corrected chi connectivity index (χ4v) is 5.24. The van der Waals surface area contributed by atoms with Gasteiger partial charge in [0, 0.05) is 39.5 Å². The molecule has 8 heteroatoms. The van der Waals surface area contributed by atoms with Crippen LogP contribution >= 0.6 is 23.2 Å². The number of sulfonamides is 1. The van der Waals surface area contributed by atoms with Crippen molar-refractivity contribution in [3.05, 3.63) is 99.8 Å². The average Bonchev–Trinajstić information content (AvgIpc) is 3.06. The number of amides is 1. The normalized spacial score (nSPS) is 20.2. The van der Waals surface area contributed by atoms with Gasteiger partial charge in [-0.25, -0.2) is 13.1 Å². The van der Waals surface area contributed by atoms with Crippen LogP contribution in [0.2, 0.25) is 10.0 Å². The van der Waals surface area contributed by atoms with Crippen molar-refractivity contribution in [3.63, 3.8) is 0 Å². The highest BCUT2D eigenvalue weighted by molar-refractivity contribution is 7.90. The van der Waals surface area contributed by atoms with E-state index in [1.165, 1.54) is 12.1 Å². The van der Waals surface area contributed by atoms with Gasteiger partial charge in [0.15, 0.2) is 0 Å². The summed E-state index contributed by atoms with van der Waals surface area (Å²) in [5.74, 6) is -0.658. The van der Waals surface area contributed by atoms with Crippen molar-refractivity contribution < 1.29 is 13.2 Å². The number of carbonyl (C=O) groups is 1. The Balaban J connectivity index is 1.57. The van der Waals surface area contributed by atoms with Crippen LogP contribution in [0.15, 0.2) is 89.1 Å². The minimum absolute atomic E-state index is 0.0405. The van der Waals surface area contributed by atoms with Crippen molar-refractivity contribution in [1.29, 1.82) is 0 Å². The first-order valence-electron chi connectivity index (χ1n) is 9.62. The van der Waals surface area contributed by atoms with E-state index >= 15 is 0 Å². The fraction of sp³-hybridized carbons (Fsp3) is 0.174. The van der Waals surface area contributed by atoms with Gasteiger partial charge in [-0.1, -0.05) is 66.5 Å². The molecule has 2 heterocycles. The molecular weight excluding hydrogens is 455 g/mol. The largest absolute Gasteiger partial charge is 0.347 e. The van der Waals surface area contributed by atoms with Gasteiger partial charge in [0.05, 0.1) is 4.90 Å². The first-order chi connectivity index (χ1) is 14.7. The number of benzene rings is 2. The van der Waals surface area contributed by atoms with Gasteiger partial charge in [-0.2, -0.15) is 0 Å². The second-order valence-corrected chi connectivity index (χ2v) is 10.3. The van der Waals surface area contributed by atoms with Crippen LogP contribution in [-0.2, 0) is 21.2 Å². The zero-order chi connectivity index (χ0) is 22.2. The Labute approximate surface area is 191 Å². The summed E-state index contributed by atoms with van der Waals surface area (Å²) in [7, 11) is -3.95. The predicted molar refractivity (Wildman–Crippen MR) is 122 cm³/mol. The number of rotatable bonds is 5. The van der Waals surface area contributed by atoms with Crippen LogP contribution in [0.4, 0.5) is 0 Å². The summed E-state index contributed by atoms with van der Waals surface area (Å²) in [6, 6.07) is 13.2. The lowest BCUT2D eigenvalue weighted by molar-refractivity contribution is -0.115. The van der Waals surface area contributed by atoms with Crippen LogP contribution in [-0.4, -0.2) is 25.8 Å². The Kier molecular flexibility index (Phi) is 5.73. The number of fused-ring (bicyclic) bond motifs is 1. The number of nitrogens with one attached hydrogen (secondary N) is 1. The van der Waals surface area contributed by atoms with Crippen LogP contribution in [0.3, 0.4) is 0 Å². The van der Waals surface area contributed by atoms with E-state index in [0.29, 0.717) is 28.6 Å². The van der Waals surface area contributed by atoms with E-state index in [0.717, 1.165) is 11.3 Å². The van der Waals surface area contributed by atoms with Gasteiger partial charge >= 0.3 is 0 Å². The molecule has 2 aromatic carbocycles. The fourth-order valence-electron chi connectivity index (χ4n) is 3.77. The number of halogens is 2. The van der Waals surface area contributed by atoms with E-state index in [1.54, 1.807) is 42.5 Å². The average molecular weight is 475 g/mol. The lowest BCUT2D eigenvalue weighted by Crippen LogP contribution is -2.34. The van der Waals surface area contributed by atoms with Gasteiger partial charge in [0.1, 0.15) is 0 Å². The van der Waals surface area contributed by atoms with Crippen molar-refractivity contribution in [1.82, 2.24) is 9.62 Å². The van der Waals surface area contributed by atoms with Crippen LogP contribution in [0.25, 0.3) is 0 Å². The van der Waals surface area contributed by atoms with E-state index in [9.17, 15) is 13.2 Å². The number of nitrogens with zero attached hydrogens (tertiary/aromatic N) is 1. The lowest BCUT2D eigenvalue weighted by atomic mass is 9.80. The highest BCUT2D eigenvalue weighted by Crippen LogP contribution is 2.43. The van der Waals surface area contributed by atoms with E-state index in [4.69, 9.17) is 23.2 Å². The molecule has 160 valence electrons. The molecule has 1 unspecified atom stereocenters. The SMILES string of the molecule is CC1(Cc2ccc(Cl)cc2Cl)C=CN2CC=C(C(=O)NS(=O)(=O)c3ccccc3)C=C21. The van der Waals surface area contributed by atoms with Gasteiger partial charge in [0.25, 0.3) is 15.9 Å². The summed E-state index contributed by atoms with van der Waals surface area (Å²) >= 11 is 12.4. The first kappa shape index (κ1) is 21.7. The highest BCUT2D eigenvalue weighted by atomic mass is 35.5. The molecule has 1 amide bonds. The molecule has 0 spiro atoms. The van der Waals surface area contributed by atoms with Crippen molar-refractivity contribution in [3.8, 4) is 0 Å². The van der Waals surface area contributed by atoms with E-state index in [-0.39, 0.29) is 4.90 Å². The minimum atomic E-state index is -3.95. The second-order valence-electron chi connectivity index (χ2n) is 7.73. The summed E-state index contributed by atoms with van der Waals surface area (Å²) in [4.78, 5) is 14.8. The number of allylic oxidation sites excluding steroid dienone is 1. The third kappa shape index (κ3) is 4.42. The van der Waals surface area contributed by atoms with Crippen molar-refractivity contribution >= 4 is 39.1 Å². The van der Waals surface area contributed by atoms with E-state index in [2.05, 4.69) is 17.7 Å². The van der Waals surface area contributed by atoms with Crippen molar-refractivity contribution in [2.45, 2.75) is 18.2 Å². The number of carbonyl (C=O) groups excluding carboxylic acids is 1. The summed E-state index contributed by atoms with van der Waals surface area (Å²) < 4.78 is 27.2. The molecule has 2 aliphatic heterocycles. The molecule has 1 atom stereocenters. The molecule has 1 N–H and O–H groups in total. The maximum Gasteiger partial charge on any atom is 0.264 e. The van der Waals surface area contributed by atoms with Crippen molar-refractivity contribution in [2.24, 2.45) is 5.41 Å². The molecule has 2 aromatic rings. The second kappa shape index (κ2) is 8.19. The molecule has 2 aliphatic rings. The van der Waals surface area contributed by atoms with E-state index in [1.807, 2.05) is 17.2 Å². The lowest BCUT2D eigenvalue weighted by Gasteiger charge is -2.32. The third-order valence-corrected chi connectivity index (χ3v) is 7.37. The topological polar surface area (TPSA) is 66.5 Å². The van der Waals surface area contributed by atoms with Gasteiger partial charge in [-0.05, 0) is 42.3 Å². The molecule has 0 saturated heterocycles. The summed E-state index contributed by atoms with van der Waals surface area (Å²) in [6.07, 6.45) is 8.10. The van der Waals surface area contributed by atoms with Crippen LogP contribution in [0.5, 0.6) is 0 Å². The Morgan fingerprint density at radius 3 is 2.61 bits per heavy atom. The monoisotopic (exact) mass is 474 g/mol. The Morgan fingerprint density at radius 1 is 1.16 bits per heavy atom. The predicted octanol–water partition coefficient (Wildman–Crippen LogP) is 4.70. The Morgan fingerprint density at radius 2 is 1.90 bits per heavy atom. The summed E-state index contributed by atoms with van der Waals surface area (Å²) in [6.45, 7) is 2.53. The molecule has 5 nitrogen and oxygen atoms in total. The minimum Gasteiger partial charge on any atom is -0.347 e. The first-order valence-corrected chi connectivity index (χ1v) is 11.9. The molecular formula is C23H20Cl2N2O3S. The zero-order valence-electron chi connectivity index (χ0n) is 16.7. The molecule has 31 heavy (non-hydrogen) atoms. The van der Waals surface area contributed by atoms with Gasteiger partial charge in [-0.15, -0.1) is 0 Å². The molecule has 0 bridgehead atoms. The van der Waals surface area contributed by atoms with Crippen LogP contribution < -0.4 is 4.72 Å². The maximum absolute atomic E-state index is 12.8. The highest BCUT2D eigenvalue weighted by Gasteiger charge is 2.37. The Hall–Kier alpha value is -2.54. The summed E-state index contributed by atoms with van der Waals surface area (Å²) in [5, 5.41) is 1.15. The maximum atomic E-state index is 12.8. The van der Waals surface area contributed by atoms with Gasteiger partial charge < -0.3 is 4.90 Å². The smallest absolute Gasteiger partial charge is 0.264 e. The zero-order valence-corrected chi connectivity index (χ0v) is 19.0. The molecule has 4 rings (SSSR count). The van der Waals surface area contributed by atoms with E-state index < -0.39 is 21.3 Å². The molecule has 0 aromatic heterocycles. The molecule has 0 saturated carbocycles. The summed E-state index contributed by atoms with van der Waals surface area (Å²) in [5.41, 5.74) is 1.74.